The number of carbonyl (C=O) groups excluding carboxylic acids is 2. The molecule has 1 unspecified atom stereocenters. The summed E-state index contributed by atoms with van der Waals surface area (Å²) in [6.45, 7) is 0.509. The van der Waals surface area contributed by atoms with Gasteiger partial charge in [-0.1, -0.05) is 54.1 Å². The van der Waals surface area contributed by atoms with Crippen LogP contribution in [0.1, 0.15) is 16.4 Å². The molecule has 124 valence electrons. The number of carbonyl (C=O) groups is 2. The van der Waals surface area contributed by atoms with Crippen molar-refractivity contribution >= 4 is 35.3 Å². The van der Waals surface area contributed by atoms with Crippen LogP contribution in [0.3, 0.4) is 0 Å². The quantitative estimate of drug-likeness (QED) is 0.799. The highest BCUT2D eigenvalue weighted by atomic mass is 35.5. The van der Waals surface area contributed by atoms with E-state index in [-0.39, 0.29) is 23.7 Å². The zero-order valence-electron chi connectivity index (χ0n) is 12.9. The fourth-order valence-corrected chi connectivity index (χ4v) is 3.94. The first-order valence-corrected chi connectivity index (χ1v) is 9.08. The van der Waals surface area contributed by atoms with Crippen molar-refractivity contribution in [3.63, 3.8) is 0 Å². The molecule has 3 rings (SSSR count). The van der Waals surface area contributed by atoms with E-state index in [2.05, 4.69) is 17.4 Å². The molecule has 3 amide bonds. The Morgan fingerprint density at radius 1 is 1.04 bits per heavy atom. The van der Waals surface area contributed by atoms with Crippen molar-refractivity contribution in [2.45, 2.75) is 5.25 Å². The molecule has 1 aliphatic heterocycles. The third-order valence-corrected chi connectivity index (χ3v) is 5.36. The molecule has 0 bridgehead atoms. The highest BCUT2D eigenvalue weighted by molar-refractivity contribution is 7.99. The first-order chi connectivity index (χ1) is 11.6. The molecule has 2 aromatic carbocycles. The van der Waals surface area contributed by atoms with E-state index in [1.807, 2.05) is 42.5 Å². The minimum atomic E-state index is -0.302. The standard InChI is InChI=1S/C18H17ClN2O2S/c19-15-8-6-14(7-9-15)17(13-4-2-1-3-5-13)24-11-10-21-16(22)12-20-18(21)23/h1-9,17H,10-12H2,(H,20,23). The lowest BCUT2D eigenvalue weighted by Crippen LogP contribution is -2.33. The van der Waals surface area contributed by atoms with Gasteiger partial charge in [-0.05, 0) is 23.3 Å². The van der Waals surface area contributed by atoms with Gasteiger partial charge in [0.25, 0.3) is 0 Å². The number of nitrogens with one attached hydrogen (secondary N) is 1. The molecule has 1 fully saturated rings. The number of benzene rings is 2. The smallest absolute Gasteiger partial charge is 0.324 e. The van der Waals surface area contributed by atoms with Gasteiger partial charge in [-0.2, -0.15) is 0 Å². The molecular formula is C18H17ClN2O2S. The van der Waals surface area contributed by atoms with Gasteiger partial charge in [0.15, 0.2) is 0 Å². The van der Waals surface area contributed by atoms with Crippen LogP contribution in [0.2, 0.25) is 5.02 Å². The second-order valence-electron chi connectivity index (χ2n) is 5.42. The molecule has 2 aromatic rings. The number of nitrogens with zero attached hydrogens (tertiary/aromatic N) is 1. The number of hydrogen-bond acceptors (Lipinski definition) is 3. The van der Waals surface area contributed by atoms with Crippen molar-refractivity contribution in [3.8, 4) is 0 Å². The number of rotatable bonds is 6. The molecule has 0 radical (unpaired) electrons. The molecule has 0 saturated carbocycles. The van der Waals surface area contributed by atoms with E-state index in [1.54, 1.807) is 11.8 Å². The van der Waals surface area contributed by atoms with E-state index < -0.39 is 0 Å². The number of halogens is 1. The van der Waals surface area contributed by atoms with Crippen molar-refractivity contribution in [3.05, 3.63) is 70.7 Å². The topological polar surface area (TPSA) is 49.4 Å². The van der Waals surface area contributed by atoms with Gasteiger partial charge >= 0.3 is 6.03 Å². The van der Waals surface area contributed by atoms with Crippen LogP contribution < -0.4 is 5.32 Å². The normalized spacial score (nSPS) is 15.5. The molecule has 6 heteroatoms. The molecule has 1 aliphatic rings. The Hall–Kier alpha value is -1.98. The van der Waals surface area contributed by atoms with Crippen molar-refractivity contribution in [1.82, 2.24) is 10.2 Å². The molecule has 1 heterocycles. The maximum absolute atomic E-state index is 11.7. The van der Waals surface area contributed by atoms with Gasteiger partial charge in [0.1, 0.15) is 0 Å². The Balaban J connectivity index is 1.72. The molecule has 1 N–H and O–H groups in total. The largest absolute Gasteiger partial charge is 0.329 e. The third-order valence-electron chi connectivity index (χ3n) is 3.81. The van der Waals surface area contributed by atoms with Gasteiger partial charge in [-0.25, -0.2) is 4.79 Å². The van der Waals surface area contributed by atoms with Crippen LogP contribution in [-0.4, -0.2) is 35.7 Å². The first kappa shape index (κ1) is 16.9. The van der Waals surface area contributed by atoms with E-state index >= 15 is 0 Å². The summed E-state index contributed by atoms with van der Waals surface area (Å²) >= 11 is 7.70. The van der Waals surface area contributed by atoms with Crippen LogP contribution in [0.15, 0.2) is 54.6 Å². The van der Waals surface area contributed by atoms with Gasteiger partial charge in [0, 0.05) is 17.3 Å². The van der Waals surface area contributed by atoms with Crippen LogP contribution in [0.4, 0.5) is 4.79 Å². The Kier molecular flexibility index (Phi) is 5.43. The van der Waals surface area contributed by atoms with Crippen molar-refractivity contribution < 1.29 is 9.59 Å². The van der Waals surface area contributed by atoms with E-state index in [0.717, 1.165) is 5.56 Å². The molecule has 1 atom stereocenters. The molecule has 0 aliphatic carbocycles. The fourth-order valence-electron chi connectivity index (χ4n) is 2.59. The Bertz CT molecular complexity index is 706. The average Bonchev–Trinajstić information content (AvgIpc) is 2.92. The van der Waals surface area contributed by atoms with E-state index in [0.29, 0.717) is 17.3 Å². The molecule has 0 spiro atoms. The van der Waals surface area contributed by atoms with Crippen LogP contribution >= 0.6 is 23.4 Å². The number of amides is 3. The van der Waals surface area contributed by atoms with Gasteiger partial charge < -0.3 is 5.32 Å². The first-order valence-electron chi connectivity index (χ1n) is 7.65. The average molecular weight is 361 g/mol. The maximum Gasteiger partial charge on any atom is 0.324 e. The van der Waals surface area contributed by atoms with Gasteiger partial charge in [-0.15, -0.1) is 11.8 Å². The van der Waals surface area contributed by atoms with Crippen LogP contribution in [0.25, 0.3) is 0 Å². The maximum atomic E-state index is 11.7. The summed E-state index contributed by atoms with van der Waals surface area (Å²) in [7, 11) is 0. The lowest BCUT2D eigenvalue weighted by molar-refractivity contribution is -0.124. The Labute approximate surface area is 150 Å². The lowest BCUT2D eigenvalue weighted by Gasteiger charge is -2.19. The third kappa shape index (κ3) is 3.91. The molecule has 24 heavy (non-hydrogen) atoms. The SMILES string of the molecule is O=C1CNC(=O)N1CCSC(c1ccccc1)c1ccc(Cl)cc1. The molecule has 0 aromatic heterocycles. The van der Waals surface area contributed by atoms with Crippen LogP contribution in [-0.2, 0) is 4.79 Å². The number of imide groups is 1. The summed E-state index contributed by atoms with van der Waals surface area (Å²) in [5, 5.41) is 3.37. The highest BCUT2D eigenvalue weighted by Gasteiger charge is 2.28. The predicted molar refractivity (Wildman–Crippen MR) is 97.3 cm³/mol. The zero-order chi connectivity index (χ0) is 16.9. The Morgan fingerprint density at radius 2 is 1.71 bits per heavy atom. The molecule has 4 nitrogen and oxygen atoms in total. The van der Waals surface area contributed by atoms with Crippen LogP contribution in [0.5, 0.6) is 0 Å². The van der Waals surface area contributed by atoms with Gasteiger partial charge in [0.2, 0.25) is 5.91 Å². The summed E-state index contributed by atoms with van der Waals surface area (Å²) in [4.78, 5) is 24.5. The monoisotopic (exact) mass is 360 g/mol. The Morgan fingerprint density at radius 3 is 2.33 bits per heavy atom. The van der Waals surface area contributed by atoms with Crippen molar-refractivity contribution in [2.24, 2.45) is 0 Å². The number of urea groups is 1. The summed E-state index contributed by atoms with van der Waals surface area (Å²) < 4.78 is 0. The number of thioether (sulfide) groups is 1. The highest BCUT2D eigenvalue weighted by Crippen LogP contribution is 2.36. The predicted octanol–water partition coefficient (Wildman–Crippen LogP) is 3.71. The van der Waals surface area contributed by atoms with E-state index in [1.165, 1.54) is 10.5 Å². The summed E-state index contributed by atoms with van der Waals surface area (Å²) in [5.41, 5.74) is 2.33. The fraction of sp³-hybridized carbons (Fsp3) is 0.222. The van der Waals surface area contributed by atoms with E-state index in [9.17, 15) is 9.59 Å². The summed E-state index contributed by atoms with van der Waals surface area (Å²) in [5.74, 6) is 0.504. The minimum absolute atomic E-state index is 0.1000. The van der Waals surface area contributed by atoms with E-state index in [4.69, 9.17) is 11.6 Å². The minimum Gasteiger partial charge on any atom is -0.329 e. The summed E-state index contributed by atoms with van der Waals surface area (Å²) in [6, 6.07) is 17.7. The lowest BCUT2D eigenvalue weighted by atomic mass is 10.0. The van der Waals surface area contributed by atoms with Gasteiger partial charge in [-0.3, -0.25) is 9.69 Å². The zero-order valence-corrected chi connectivity index (χ0v) is 14.5. The molecule has 1 saturated heterocycles. The summed E-state index contributed by atoms with van der Waals surface area (Å²) in [6.07, 6.45) is 0. The second-order valence-corrected chi connectivity index (χ2v) is 7.07. The van der Waals surface area contributed by atoms with Crippen molar-refractivity contribution in [1.29, 1.82) is 0 Å². The van der Waals surface area contributed by atoms with Crippen molar-refractivity contribution in [2.75, 3.05) is 18.8 Å². The van der Waals surface area contributed by atoms with Crippen LogP contribution in [0, 0.1) is 0 Å². The molecular weight excluding hydrogens is 344 g/mol. The number of hydrogen-bond donors (Lipinski definition) is 1. The van der Waals surface area contributed by atoms with Gasteiger partial charge in [0.05, 0.1) is 11.8 Å². The second kappa shape index (κ2) is 7.73.